The molecule has 1 saturated heterocycles. The highest BCUT2D eigenvalue weighted by atomic mass is 16.2. The minimum absolute atomic E-state index is 0.0118. The highest BCUT2D eigenvalue weighted by Gasteiger charge is 2.49. The van der Waals surface area contributed by atoms with E-state index in [0.29, 0.717) is 11.3 Å². The SMILES string of the molecule is Cc1ccccc1NC(=O)CN1C(=O)NC(C)(c2ccc(C(C)(C)C)cc2)C1=O. The van der Waals surface area contributed by atoms with Crippen LogP contribution in [-0.4, -0.2) is 29.3 Å². The quantitative estimate of drug-likeness (QED) is 0.778. The third-order valence-corrected chi connectivity index (χ3v) is 5.32. The molecule has 1 aliphatic rings. The van der Waals surface area contributed by atoms with Gasteiger partial charge in [-0.05, 0) is 42.0 Å². The average molecular weight is 393 g/mol. The van der Waals surface area contributed by atoms with E-state index in [0.717, 1.165) is 16.0 Å². The summed E-state index contributed by atoms with van der Waals surface area (Å²) in [5.74, 6) is -0.860. The van der Waals surface area contributed by atoms with E-state index in [1.807, 2.05) is 49.4 Å². The summed E-state index contributed by atoms with van der Waals surface area (Å²) in [6.45, 7) is 9.54. The maximum atomic E-state index is 13.0. The van der Waals surface area contributed by atoms with Gasteiger partial charge < -0.3 is 10.6 Å². The Balaban J connectivity index is 1.76. The lowest BCUT2D eigenvalue weighted by Gasteiger charge is -2.24. The van der Waals surface area contributed by atoms with Gasteiger partial charge in [-0.25, -0.2) is 4.79 Å². The lowest BCUT2D eigenvalue weighted by molar-refractivity contribution is -0.133. The number of hydrogen-bond donors (Lipinski definition) is 2. The van der Waals surface area contributed by atoms with Gasteiger partial charge in [0.15, 0.2) is 0 Å². The van der Waals surface area contributed by atoms with E-state index in [4.69, 9.17) is 0 Å². The number of benzene rings is 2. The number of hydrogen-bond acceptors (Lipinski definition) is 3. The molecule has 6 nitrogen and oxygen atoms in total. The maximum Gasteiger partial charge on any atom is 0.325 e. The molecule has 1 aliphatic heterocycles. The summed E-state index contributed by atoms with van der Waals surface area (Å²) in [6, 6.07) is 14.4. The molecule has 0 aliphatic carbocycles. The van der Waals surface area contributed by atoms with Crippen LogP contribution in [0.1, 0.15) is 44.4 Å². The van der Waals surface area contributed by atoms with E-state index in [2.05, 4.69) is 31.4 Å². The predicted octanol–water partition coefficient (Wildman–Crippen LogP) is 3.70. The Kier molecular flexibility index (Phi) is 5.22. The normalized spacial score (nSPS) is 19.3. The first-order valence-electron chi connectivity index (χ1n) is 9.63. The van der Waals surface area contributed by atoms with Crippen LogP contribution in [0.25, 0.3) is 0 Å². The van der Waals surface area contributed by atoms with Crippen molar-refractivity contribution >= 4 is 23.5 Å². The zero-order valence-electron chi connectivity index (χ0n) is 17.5. The summed E-state index contributed by atoms with van der Waals surface area (Å²) in [5, 5.41) is 5.50. The van der Waals surface area contributed by atoms with Gasteiger partial charge in [-0.1, -0.05) is 63.2 Å². The van der Waals surface area contributed by atoms with Gasteiger partial charge in [0.2, 0.25) is 5.91 Å². The molecule has 0 radical (unpaired) electrons. The Labute approximate surface area is 171 Å². The zero-order valence-corrected chi connectivity index (χ0v) is 17.5. The highest BCUT2D eigenvalue weighted by molar-refractivity contribution is 6.10. The minimum atomic E-state index is -1.20. The third-order valence-electron chi connectivity index (χ3n) is 5.32. The van der Waals surface area contributed by atoms with Crippen LogP contribution in [0.2, 0.25) is 0 Å². The number of nitrogens with one attached hydrogen (secondary N) is 2. The molecule has 152 valence electrons. The number of nitrogens with zero attached hydrogens (tertiary/aromatic N) is 1. The van der Waals surface area contributed by atoms with Crippen molar-refractivity contribution in [2.24, 2.45) is 0 Å². The second-order valence-corrected chi connectivity index (χ2v) is 8.64. The second-order valence-electron chi connectivity index (χ2n) is 8.64. The van der Waals surface area contributed by atoms with Crippen molar-refractivity contribution in [3.8, 4) is 0 Å². The summed E-state index contributed by atoms with van der Waals surface area (Å²) >= 11 is 0. The van der Waals surface area contributed by atoms with E-state index in [1.54, 1.807) is 13.0 Å². The molecule has 3 rings (SSSR count). The molecule has 6 heteroatoms. The van der Waals surface area contributed by atoms with Crippen LogP contribution in [0.3, 0.4) is 0 Å². The largest absolute Gasteiger partial charge is 0.325 e. The summed E-state index contributed by atoms with van der Waals surface area (Å²) in [5.41, 5.74) is 2.17. The monoisotopic (exact) mass is 393 g/mol. The summed E-state index contributed by atoms with van der Waals surface area (Å²) in [4.78, 5) is 38.9. The molecule has 2 aromatic carbocycles. The molecule has 1 fully saturated rings. The maximum absolute atomic E-state index is 13.0. The first kappa shape index (κ1) is 20.6. The van der Waals surface area contributed by atoms with Crippen LogP contribution >= 0.6 is 0 Å². The number of aryl methyl sites for hydroxylation is 1. The van der Waals surface area contributed by atoms with Crippen molar-refractivity contribution in [3.63, 3.8) is 0 Å². The topological polar surface area (TPSA) is 78.5 Å². The number of urea groups is 1. The average Bonchev–Trinajstić information content (AvgIpc) is 2.87. The Morgan fingerprint density at radius 1 is 1.07 bits per heavy atom. The molecule has 0 aromatic heterocycles. The van der Waals surface area contributed by atoms with Crippen LogP contribution in [0.5, 0.6) is 0 Å². The van der Waals surface area contributed by atoms with Crippen molar-refractivity contribution < 1.29 is 14.4 Å². The van der Waals surface area contributed by atoms with Crippen LogP contribution in [0.4, 0.5) is 10.5 Å². The summed E-state index contributed by atoms with van der Waals surface area (Å²) in [6.07, 6.45) is 0. The molecular weight excluding hydrogens is 366 g/mol. The van der Waals surface area contributed by atoms with Gasteiger partial charge in [-0.15, -0.1) is 0 Å². The lowest BCUT2D eigenvalue weighted by Crippen LogP contribution is -2.42. The van der Waals surface area contributed by atoms with Crippen molar-refractivity contribution in [3.05, 3.63) is 65.2 Å². The Hall–Kier alpha value is -3.15. The van der Waals surface area contributed by atoms with E-state index in [9.17, 15) is 14.4 Å². The predicted molar refractivity (Wildman–Crippen MR) is 113 cm³/mol. The zero-order chi connectivity index (χ0) is 21.4. The Morgan fingerprint density at radius 2 is 1.69 bits per heavy atom. The lowest BCUT2D eigenvalue weighted by atomic mass is 9.84. The number of imide groups is 1. The summed E-state index contributed by atoms with van der Waals surface area (Å²) < 4.78 is 0. The van der Waals surface area contributed by atoms with Crippen molar-refractivity contribution in [1.29, 1.82) is 0 Å². The smallest absolute Gasteiger partial charge is 0.324 e. The van der Waals surface area contributed by atoms with Crippen molar-refractivity contribution in [1.82, 2.24) is 10.2 Å². The van der Waals surface area contributed by atoms with E-state index >= 15 is 0 Å². The fraction of sp³-hybridized carbons (Fsp3) is 0.348. The number of amides is 4. The molecular formula is C23H27N3O3. The molecule has 4 amide bonds. The van der Waals surface area contributed by atoms with Gasteiger partial charge in [0.05, 0.1) is 0 Å². The number of rotatable bonds is 4. The van der Waals surface area contributed by atoms with Gasteiger partial charge in [-0.3, -0.25) is 14.5 Å². The first-order chi connectivity index (χ1) is 13.5. The highest BCUT2D eigenvalue weighted by Crippen LogP contribution is 2.31. The molecule has 2 N–H and O–H groups in total. The fourth-order valence-electron chi connectivity index (χ4n) is 3.39. The number of carbonyl (C=O) groups is 3. The van der Waals surface area contributed by atoms with E-state index < -0.39 is 23.4 Å². The fourth-order valence-corrected chi connectivity index (χ4v) is 3.39. The van der Waals surface area contributed by atoms with Crippen molar-refractivity contribution in [2.45, 2.75) is 45.6 Å². The molecule has 1 unspecified atom stereocenters. The van der Waals surface area contributed by atoms with Gasteiger partial charge in [0.1, 0.15) is 12.1 Å². The molecule has 29 heavy (non-hydrogen) atoms. The molecule has 0 bridgehead atoms. The van der Waals surface area contributed by atoms with E-state index in [1.165, 1.54) is 0 Å². The summed E-state index contributed by atoms with van der Waals surface area (Å²) in [7, 11) is 0. The van der Waals surface area contributed by atoms with Crippen molar-refractivity contribution in [2.75, 3.05) is 11.9 Å². The second kappa shape index (κ2) is 7.35. The van der Waals surface area contributed by atoms with Crippen LogP contribution in [0.15, 0.2) is 48.5 Å². The number of para-hydroxylation sites is 1. The van der Waals surface area contributed by atoms with Gasteiger partial charge in [-0.2, -0.15) is 0 Å². The van der Waals surface area contributed by atoms with Crippen LogP contribution < -0.4 is 10.6 Å². The molecule has 0 spiro atoms. The Morgan fingerprint density at radius 3 is 2.28 bits per heavy atom. The third kappa shape index (κ3) is 4.01. The minimum Gasteiger partial charge on any atom is -0.324 e. The van der Waals surface area contributed by atoms with Gasteiger partial charge in [0.25, 0.3) is 5.91 Å². The molecule has 1 atom stereocenters. The standard InChI is InChI=1S/C23H27N3O3/c1-15-8-6-7-9-18(15)24-19(27)14-26-20(28)23(5,25-21(26)29)17-12-10-16(11-13-17)22(2,3)4/h6-13H,14H2,1-5H3,(H,24,27)(H,25,29). The molecule has 2 aromatic rings. The Bertz CT molecular complexity index is 960. The van der Waals surface area contributed by atoms with Crippen LogP contribution in [-0.2, 0) is 20.5 Å². The molecule has 1 heterocycles. The number of carbonyl (C=O) groups excluding carboxylic acids is 3. The van der Waals surface area contributed by atoms with Gasteiger partial charge in [0, 0.05) is 5.69 Å². The van der Waals surface area contributed by atoms with E-state index in [-0.39, 0.29) is 12.0 Å². The first-order valence-corrected chi connectivity index (χ1v) is 9.63. The van der Waals surface area contributed by atoms with Crippen LogP contribution in [0, 0.1) is 6.92 Å². The molecule has 0 saturated carbocycles. The number of anilines is 1. The van der Waals surface area contributed by atoms with Gasteiger partial charge >= 0.3 is 6.03 Å².